The maximum Gasteiger partial charge on any atom is 0.427 e. The quantitative estimate of drug-likeness (QED) is 0.464. The van der Waals surface area contributed by atoms with Crippen molar-refractivity contribution in [1.82, 2.24) is 10.1 Å². The van der Waals surface area contributed by atoms with E-state index in [0.29, 0.717) is 12.1 Å². The van der Waals surface area contributed by atoms with Crippen molar-refractivity contribution < 1.29 is 36.0 Å². The molecule has 0 atom stereocenters. The Morgan fingerprint density at radius 3 is 2.51 bits per heavy atom. The SMILES string of the molecule is O=C(O)N(c1ccon1)S(=O)(=O)c1ccc(NCc2c(F)cccc2CN2CCCC2)c(F)c1F. The Labute approximate surface area is 198 Å². The summed E-state index contributed by atoms with van der Waals surface area (Å²) in [5.74, 6) is -4.52. The average Bonchev–Trinajstić information content (AvgIpc) is 3.50. The van der Waals surface area contributed by atoms with Crippen molar-refractivity contribution in [2.24, 2.45) is 0 Å². The number of aromatic nitrogens is 1. The van der Waals surface area contributed by atoms with E-state index in [0.717, 1.165) is 50.4 Å². The zero-order valence-corrected chi connectivity index (χ0v) is 19.1. The molecule has 13 heteroatoms. The summed E-state index contributed by atoms with van der Waals surface area (Å²) in [5, 5.41) is 15.2. The molecule has 1 amide bonds. The molecular formula is C22H21F3N4O5S. The fourth-order valence-corrected chi connectivity index (χ4v) is 5.21. The van der Waals surface area contributed by atoms with Gasteiger partial charge in [-0.25, -0.2) is 26.4 Å². The normalized spacial score (nSPS) is 14.3. The average molecular weight is 510 g/mol. The first kappa shape index (κ1) is 24.5. The second kappa shape index (κ2) is 9.96. The molecule has 1 aliphatic heterocycles. The lowest BCUT2D eigenvalue weighted by Crippen LogP contribution is -2.36. The summed E-state index contributed by atoms with van der Waals surface area (Å²) in [6, 6.07) is 7.20. The third-order valence-electron chi connectivity index (χ3n) is 5.64. The summed E-state index contributed by atoms with van der Waals surface area (Å²) in [5.41, 5.74) is 0.559. The fourth-order valence-electron chi connectivity index (χ4n) is 3.92. The van der Waals surface area contributed by atoms with Gasteiger partial charge in [-0.2, -0.15) is 0 Å². The molecule has 1 saturated heterocycles. The summed E-state index contributed by atoms with van der Waals surface area (Å²) < 4.78 is 74.0. The third kappa shape index (κ3) is 4.95. The fraction of sp³-hybridized carbons (Fsp3) is 0.273. The highest BCUT2D eigenvalue weighted by molar-refractivity contribution is 7.93. The number of hydrogen-bond acceptors (Lipinski definition) is 7. The van der Waals surface area contributed by atoms with E-state index in [1.165, 1.54) is 6.07 Å². The number of hydrogen-bond donors (Lipinski definition) is 2. The van der Waals surface area contributed by atoms with Crippen LogP contribution in [0.3, 0.4) is 0 Å². The number of benzene rings is 2. The molecule has 0 spiro atoms. The van der Waals surface area contributed by atoms with Gasteiger partial charge in [-0.15, -0.1) is 4.31 Å². The van der Waals surface area contributed by atoms with Gasteiger partial charge in [-0.1, -0.05) is 17.3 Å². The number of halogens is 3. The van der Waals surface area contributed by atoms with E-state index in [-0.39, 0.29) is 16.4 Å². The van der Waals surface area contributed by atoms with Gasteiger partial charge < -0.3 is 14.9 Å². The third-order valence-corrected chi connectivity index (χ3v) is 7.33. The molecule has 0 saturated carbocycles. The molecule has 0 aliphatic carbocycles. The maximum absolute atomic E-state index is 14.8. The Bertz CT molecular complexity index is 1330. The minimum Gasteiger partial charge on any atom is -0.464 e. The topological polar surface area (TPSA) is 116 Å². The van der Waals surface area contributed by atoms with Crippen LogP contribution >= 0.6 is 0 Å². The number of sulfonamides is 1. The van der Waals surface area contributed by atoms with E-state index in [4.69, 9.17) is 0 Å². The zero-order chi connectivity index (χ0) is 25.2. The molecule has 0 bridgehead atoms. The minimum absolute atomic E-state index is 0.182. The van der Waals surface area contributed by atoms with Gasteiger partial charge >= 0.3 is 6.09 Å². The molecule has 2 N–H and O–H groups in total. The van der Waals surface area contributed by atoms with Crippen LogP contribution in [0.25, 0.3) is 0 Å². The number of anilines is 2. The number of carboxylic acid groups (broad SMARTS) is 1. The lowest BCUT2D eigenvalue weighted by atomic mass is 10.1. The predicted molar refractivity (Wildman–Crippen MR) is 119 cm³/mol. The summed E-state index contributed by atoms with van der Waals surface area (Å²) in [7, 11) is -5.08. The highest BCUT2D eigenvalue weighted by atomic mass is 32.2. The van der Waals surface area contributed by atoms with Gasteiger partial charge in [0.1, 0.15) is 17.0 Å². The molecular weight excluding hydrogens is 489 g/mol. The smallest absolute Gasteiger partial charge is 0.427 e. The van der Waals surface area contributed by atoms with Gasteiger partial charge in [0.15, 0.2) is 17.5 Å². The highest BCUT2D eigenvalue weighted by Gasteiger charge is 2.36. The molecule has 186 valence electrons. The zero-order valence-electron chi connectivity index (χ0n) is 18.2. The van der Waals surface area contributed by atoms with Crippen molar-refractivity contribution in [1.29, 1.82) is 0 Å². The Hall–Kier alpha value is -3.58. The number of nitrogens with zero attached hydrogens (tertiary/aromatic N) is 3. The van der Waals surface area contributed by atoms with Gasteiger partial charge in [-0.05, 0) is 49.7 Å². The van der Waals surface area contributed by atoms with E-state index < -0.39 is 50.0 Å². The lowest BCUT2D eigenvalue weighted by molar-refractivity contribution is 0.205. The van der Waals surface area contributed by atoms with Crippen LogP contribution in [0.1, 0.15) is 24.0 Å². The predicted octanol–water partition coefficient (Wildman–Crippen LogP) is 4.17. The summed E-state index contributed by atoms with van der Waals surface area (Å²) in [4.78, 5) is 12.5. The largest absolute Gasteiger partial charge is 0.464 e. The Morgan fingerprint density at radius 2 is 1.86 bits per heavy atom. The summed E-state index contributed by atoms with van der Waals surface area (Å²) >= 11 is 0. The maximum atomic E-state index is 14.8. The van der Waals surface area contributed by atoms with Gasteiger partial charge in [0.05, 0.1) is 5.69 Å². The van der Waals surface area contributed by atoms with Crippen LogP contribution in [0.15, 0.2) is 52.1 Å². The van der Waals surface area contributed by atoms with E-state index in [9.17, 15) is 31.5 Å². The number of nitrogens with one attached hydrogen (secondary N) is 1. The lowest BCUT2D eigenvalue weighted by Gasteiger charge is -2.19. The number of rotatable bonds is 8. The molecule has 1 fully saturated rings. The van der Waals surface area contributed by atoms with E-state index in [1.807, 2.05) is 0 Å². The van der Waals surface area contributed by atoms with Crippen LogP contribution in [0, 0.1) is 17.5 Å². The van der Waals surface area contributed by atoms with Crippen molar-refractivity contribution in [3.05, 3.63) is 71.2 Å². The van der Waals surface area contributed by atoms with Crippen LogP contribution in [0.4, 0.5) is 29.5 Å². The summed E-state index contributed by atoms with van der Waals surface area (Å²) in [6.45, 7) is 2.11. The first-order valence-electron chi connectivity index (χ1n) is 10.6. The van der Waals surface area contributed by atoms with E-state index >= 15 is 0 Å². The number of amides is 1. The van der Waals surface area contributed by atoms with Gasteiger partial charge in [-0.3, -0.25) is 4.90 Å². The van der Waals surface area contributed by atoms with E-state index in [2.05, 4.69) is 19.9 Å². The monoisotopic (exact) mass is 510 g/mol. The molecule has 1 aromatic heterocycles. The molecule has 0 unspecified atom stereocenters. The molecule has 0 radical (unpaired) electrons. The van der Waals surface area contributed by atoms with Gasteiger partial charge in [0, 0.05) is 24.7 Å². The molecule has 1 aliphatic rings. The van der Waals surface area contributed by atoms with Crippen molar-refractivity contribution in [2.75, 3.05) is 22.7 Å². The molecule has 9 nitrogen and oxygen atoms in total. The molecule has 2 heterocycles. The van der Waals surface area contributed by atoms with E-state index in [1.54, 1.807) is 12.1 Å². The van der Waals surface area contributed by atoms with Crippen molar-refractivity contribution in [2.45, 2.75) is 30.8 Å². The van der Waals surface area contributed by atoms with Crippen LogP contribution in [0.2, 0.25) is 0 Å². The minimum atomic E-state index is -5.08. The Kier molecular flexibility index (Phi) is 6.98. The highest BCUT2D eigenvalue weighted by Crippen LogP contribution is 2.29. The standard InChI is InChI=1S/C22H21F3N4O5S/c23-16-5-3-4-14(13-28-9-1-2-10-28)15(16)12-26-17-6-7-18(21(25)20(17)24)35(32,33)29(22(30)31)19-8-11-34-27-19/h3-8,11,26H,1-2,9-10,12-13H2,(H,30,31). The van der Waals surface area contributed by atoms with Crippen LogP contribution in [-0.4, -0.2) is 42.8 Å². The molecule has 2 aromatic carbocycles. The number of likely N-dealkylation sites (tertiary alicyclic amines) is 1. The van der Waals surface area contributed by atoms with Crippen molar-refractivity contribution >= 4 is 27.6 Å². The van der Waals surface area contributed by atoms with Crippen molar-refractivity contribution in [3.8, 4) is 0 Å². The van der Waals surface area contributed by atoms with Crippen LogP contribution < -0.4 is 9.62 Å². The molecule has 35 heavy (non-hydrogen) atoms. The van der Waals surface area contributed by atoms with Crippen LogP contribution in [0.5, 0.6) is 0 Å². The Balaban J connectivity index is 1.59. The first-order chi connectivity index (χ1) is 16.7. The number of carbonyl (C=O) groups is 1. The second-order valence-electron chi connectivity index (χ2n) is 7.86. The van der Waals surface area contributed by atoms with Crippen molar-refractivity contribution in [3.63, 3.8) is 0 Å². The second-order valence-corrected chi connectivity index (χ2v) is 9.62. The Morgan fingerprint density at radius 1 is 1.11 bits per heavy atom. The van der Waals surface area contributed by atoms with Gasteiger partial charge in [0.2, 0.25) is 0 Å². The van der Waals surface area contributed by atoms with Gasteiger partial charge in [0.25, 0.3) is 10.0 Å². The summed E-state index contributed by atoms with van der Waals surface area (Å²) in [6.07, 6.45) is 1.04. The molecule has 3 aromatic rings. The first-order valence-corrected chi connectivity index (χ1v) is 12.0. The molecule has 4 rings (SSSR count). The van der Waals surface area contributed by atoms with Crippen LogP contribution in [-0.2, 0) is 23.1 Å².